The van der Waals surface area contributed by atoms with Gasteiger partial charge in [0.1, 0.15) is 11.9 Å². The Labute approximate surface area is 160 Å². The number of hydrogen-bond acceptors (Lipinski definition) is 5. The van der Waals surface area contributed by atoms with Gasteiger partial charge in [-0.2, -0.15) is 5.26 Å². The van der Waals surface area contributed by atoms with E-state index in [1.165, 1.54) is 0 Å². The Morgan fingerprint density at radius 3 is 2.60 bits per heavy atom. The predicted octanol–water partition coefficient (Wildman–Crippen LogP) is -2.47. The molecule has 2 rings (SSSR count). The van der Waals surface area contributed by atoms with E-state index in [0.29, 0.717) is 31.7 Å². The largest absolute Gasteiger partial charge is 1.00 e. The number of anilines is 1. The van der Waals surface area contributed by atoms with Crippen molar-refractivity contribution in [2.45, 2.75) is 6.42 Å². The van der Waals surface area contributed by atoms with Crippen molar-refractivity contribution in [2.75, 3.05) is 31.1 Å². The minimum absolute atomic E-state index is 0. The fourth-order valence-electron chi connectivity index (χ4n) is 2.03. The average molecular weight is 298 g/mol. The van der Waals surface area contributed by atoms with Crippen LogP contribution in [0.1, 0.15) is 12.0 Å². The topological polar surface area (TPSA) is 80.5 Å². The molecule has 1 aromatic heterocycles. The first kappa shape index (κ1) is 17.6. The van der Waals surface area contributed by atoms with Gasteiger partial charge in [-0.05, 0) is 12.1 Å². The molecule has 1 aromatic rings. The number of carbonyl (C=O) groups is 1. The monoisotopic (exact) mass is 298 g/mol. The average Bonchev–Trinajstić information content (AvgIpc) is 2.48. The van der Waals surface area contributed by atoms with Gasteiger partial charge in [-0.15, -0.1) is 0 Å². The Balaban J connectivity index is 0.00000200. The second-order valence-electron chi connectivity index (χ2n) is 4.27. The predicted molar refractivity (Wildman–Crippen MR) is 68.6 cm³/mol. The molecule has 1 fully saturated rings. The molecule has 20 heavy (non-hydrogen) atoms. The van der Waals surface area contributed by atoms with Gasteiger partial charge < -0.3 is 14.9 Å². The van der Waals surface area contributed by atoms with Crippen molar-refractivity contribution in [3.8, 4) is 6.07 Å². The van der Waals surface area contributed by atoms with Crippen molar-refractivity contribution in [1.29, 1.82) is 5.26 Å². The van der Waals surface area contributed by atoms with Gasteiger partial charge in [0.05, 0.1) is 5.56 Å². The maximum absolute atomic E-state index is 11.6. The van der Waals surface area contributed by atoms with E-state index < -0.39 is 0 Å². The molecule has 0 saturated carbocycles. The van der Waals surface area contributed by atoms with Crippen LogP contribution < -0.4 is 56.3 Å². The quantitative estimate of drug-likeness (QED) is 0.494. The number of carbonyl (C=O) groups excluding carboxylic acids is 1. The van der Waals surface area contributed by atoms with Gasteiger partial charge in [0.25, 0.3) is 0 Å². The summed E-state index contributed by atoms with van der Waals surface area (Å²) in [6.07, 6.45) is 1.61. The number of rotatable bonds is 3. The molecular weight excluding hydrogens is 283 g/mol. The molecule has 0 aliphatic carbocycles. The molecule has 0 spiro atoms. The summed E-state index contributed by atoms with van der Waals surface area (Å²) in [5.41, 5.74) is 0.538. The Morgan fingerprint density at radius 2 is 2.10 bits per heavy atom. The zero-order chi connectivity index (χ0) is 13.7. The molecule has 0 atom stereocenters. The molecule has 1 saturated heterocycles. The van der Waals surface area contributed by atoms with Crippen molar-refractivity contribution in [3.05, 3.63) is 30.5 Å². The molecule has 7 heteroatoms. The second-order valence-corrected chi connectivity index (χ2v) is 4.27. The number of amides is 1. The molecule has 1 aliphatic rings. The summed E-state index contributed by atoms with van der Waals surface area (Å²) in [6, 6.07) is 5.59. The molecule has 2 heterocycles. The van der Waals surface area contributed by atoms with E-state index in [2.05, 4.69) is 9.88 Å². The summed E-state index contributed by atoms with van der Waals surface area (Å²) >= 11 is 0. The minimum Gasteiger partial charge on any atom is -0.565 e. The molecule has 1 N–H and O–H groups in total. The first-order chi connectivity index (χ1) is 9.24. The molecule has 6 nitrogen and oxygen atoms in total. The number of nitrogens with zero attached hydrogens (tertiary/aromatic N) is 4. The van der Waals surface area contributed by atoms with Crippen LogP contribution in [0.5, 0.6) is 0 Å². The fourth-order valence-corrected chi connectivity index (χ4v) is 2.03. The van der Waals surface area contributed by atoms with Crippen LogP contribution in [0.2, 0.25) is 0 Å². The van der Waals surface area contributed by atoms with Crippen LogP contribution in [-0.2, 0) is 4.79 Å². The number of piperazine rings is 1. The van der Waals surface area contributed by atoms with Crippen molar-refractivity contribution < 1.29 is 61.3 Å². The molecule has 1 amide bonds. The summed E-state index contributed by atoms with van der Waals surface area (Å²) in [5.74, 6) is 0.759. The first-order valence-electron chi connectivity index (χ1n) is 6.09. The van der Waals surface area contributed by atoms with Crippen LogP contribution in [0.4, 0.5) is 5.82 Å². The van der Waals surface area contributed by atoms with Gasteiger partial charge in [-0.3, -0.25) is 4.79 Å². The smallest absolute Gasteiger partial charge is 0.565 e. The number of aliphatic hydroxyl groups is 1. The summed E-state index contributed by atoms with van der Waals surface area (Å²) in [4.78, 5) is 19.6. The van der Waals surface area contributed by atoms with Crippen molar-refractivity contribution in [3.63, 3.8) is 0 Å². The third-order valence-electron chi connectivity index (χ3n) is 3.10. The molecule has 0 radical (unpaired) electrons. The number of nitriles is 1. The SMILES string of the molecule is N#Cc1ccc(N2CCN(C(=O)C[CH-]O)CC2)nc1.[K+]. The normalized spacial score (nSPS) is 14.4. The third-order valence-corrected chi connectivity index (χ3v) is 3.10. The zero-order valence-corrected chi connectivity index (χ0v) is 14.6. The molecule has 1 aliphatic heterocycles. The van der Waals surface area contributed by atoms with E-state index in [1.807, 2.05) is 12.1 Å². The second kappa shape index (κ2) is 8.72. The van der Waals surface area contributed by atoms with Crippen LogP contribution in [0.3, 0.4) is 0 Å². The van der Waals surface area contributed by atoms with E-state index in [4.69, 9.17) is 10.4 Å². The number of pyridine rings is 1. The van der Waals surface area contributed by atoms with Gasteiger partial charge >= 0.3 is 51.4 Å². The summed E-state index contributed by atoms with van der Waals surface area (Å²) in [5, 5.41) is 17.3. The van der Waals surface area contributed by atoms with Crippen molar-refractivity contribution in [1.82, 2.24) is 9.88 Å². The van der Waals surface area contributed by atoms with E-state index in [9.17, 15) is 4.79 Å². The van der Waals surface area contributed by atoms with Crippen LogP contribution in [-0.4, -0.2) is 47.1 Å². The van der Waals surface area contributed by atoms with Crippen LogP contribution in [0.25, 0.3) is 0 Å². The Morgan fingerprint density at radius 1 is 1.40 bits per heavy atom. The molecule has 100 valence electrons. The molecular formula is C13H15KN4O2. The standard InChI is InChI=1S/C13H15N4O2.K/c14-9-11-1-2-12(15-10-11)16-4-6-17(7-5-16)13(19)3-8-18;/h1-2,8,10,18H,3-7H2;/q-1;+1. The van der Waals surface area contributed by atoms with Crippen LogP contribution in [0.15, 0.2) is 18.3 Å². The Bertz CT molecular complexity index is 478. The van der Waals surface area contributed by atoms with Gasteiger partial charge in [0.2, 0.25) is 0 Å². The van der Waals surface area contributed by atoms with Gasteiger partial charge in [0, 0.05) is 32.4 Å². The van der Waals surface area contributed by atoms with Crippen LogP contribution >= 0.6 is 0 Å². The molecule has 0 aromatic carbocycles. The number of hydrogen-bond donors (Lipinski definition) is 1. The number of aromatic nitrogens is 1. The molecule has 0 unspecified atom stereocenters. The minimum atomic E-state index is -0.0602. The van der Waals surface area contributed by atoms with Gasteiger partial charge in [-0.1, -0.05) is 6.42 Å². The molecule has 0 bridgehead atoms. The Hall–Kier alpha value is -0.494. The van der Waals surface area contributed by atoms with E-state index in [-0.39, 0.29) is 63.7 Å². The fraction of sp³-hybridized carbons (Fsp3) is 0.385. The zero-order valence-electron chi connectivity index (χ0n) is 11.5. The van der Waals surface area contributed by atoms with Crippen LogP contribution in [0, 0.1) is 17.9 Å². The number of aliphatic hydroxyl groups excluding tert-OH is 1. The van der Waals surface area contributed by atoms with E-state index >= 15 is 0 Å². The van der Waals surface area contributed by atoms with Crippen molar-refractivity contribution >= 4 is 11.7 Å². The van der Waals surface area contributed by atoms with E-state index in [0.717, 1.165) is 12.4 Å². The van der Waals surface area contributed by atoms with E-state index in [1.54, 1.807) is 17.2 Å². The Kier molecular flexibility index (Phi) is 7.65. The maximum Gasteiger partial charge on any atom is 1.00 e. The first-order valence-corrected chi connectivity index (χ1v) is 6.09. The third kappa shape index (κ3) is 4.51. The maximum atomic E-state index is 11.6. The summed E-state index contributed by atoms with van der Waals surface area (Å²) in [7, 11) is 0. The summed E-state index contributed by atoms with van der Waals surface area (Å²) in [6.45, 7) is 3.53. The van der Waals surface area contributed by atoms with Gasteiger partial charge in [-0.25, -0.2) is 11.6 Å². The van der Waals surface area contributed by atoms with Gasteiger partial charge in [0.15, 0.2) is 5.91 Å². The van der Waals surface area contributed by atoms with Crippen molar-refractivity contribution in [2.24, 2.45) is 0 Å². The summed E-state index contributed by atoms with van der Waals surface area (Å²) < 4.78 is 0.